The van der Waals surface area contributed by atoms with E-state index in [4.69, 9.17) is 9.47 Å². The fourth-order valence-corrected chi connectivity index (χ4v) is 5.18. The molecule has 0 aromatic carbocycles. The lowest BCUT2D eigenvalue weighted by atomic mass is 9.65. The summed E-state index contributed by atoms with van der Waals surface area (Å²) in [5.41, 5.74) is 0.363. The predicted octanol–water partition coefficient (Wildman–Crippen LogP) is 8.06. The first-order valence-corrected chi connectivity index (χ1v) is 13.4. The Hall–Kier alpha value is -1.58. The van der Waals surface area contributed by atoms with Crippen LogP contribution in [0.3, 0.4) is 0 Å². The molecule has 0 radical (unpaired) electrons. The Labute approximate surface area is 209 Å². The Bertz CT molecular complexity index is 715. The molecular formula is C30H52O4. The van der Waals surface area contributed by atoms with Crippen LogP contribution in [0.1, 0.15) is 114 Å². The van der Waals surface area contributed by atoms with Gasteiger partial charge >= 0.3 is 11.9 Å². The summed E-state index contributed by atoms with van der Waals surface area (Å²) in [6.45, 7) is 21.4. The van der Waals surface area contributed by atoms with E-state index in [2.05, 4.69) is 54.5 Å². The van der Waals surface area contributed by atoms with E-state index in [-0.39, 0.29) is 17.4 Å². The highest BCUT2D eigenvalue weighted by Gasteiger charge is 2.35. The average Bonchev–Trinajstić information content (AvgIpc) is 2.76. The summed E-state index contributed by atoms with van der Waals surface area (Å²) in [5, 5.41) is 0. The molecule has 0 N–H and O–H groups in total. The lowest BCUT2D eigenvalue weighted by Crippen LogP contribution is -2.39. The van der Waals surface area contributed by atoms with Crippen LogP contribution in [0.5, 0.6) is 0 Å². The first-order chi connectivity index (χ1) is 15.6. The van der Waals surface area contributed by atoms with Crippen molar-refractivity contribution in [2.24, 2.45) is 28.6 Å². The molecule has 0 aliphatic heterocycles. The highest BCUT2D eigenvalue weighted by molar-refractivity contribution is 5.92. The molecule has 2 unspecified atom stereocenters. The summed E-state index contributed by atoms with van der Waals surface area (Å²) in [6, 6.07) is 0. The molecule has 0 aromatic rings. The van der Waals surface area contributed by atoms with Gasteiger partial charge in [-0.2, -0.15) is 0 Å². The first-order valence-electron chi connectivity index (χ1n) is 13.4. The van der Waals surface area contributed by atoms with Crippen LogP contribution in [-0.4, -0.2) is 24.1 Å². The second kappa shape index (κ2) is 12.9. The van der Waals surface area contributed by atoms with Gasteiger partial charge < -0.3 is 9.47 Å². The SMILES string of the molecule is C/C=C(\C=C/C(C)C(CC(C)(C)C)C(C)(C)CC)C(=O)OCC(=O)OC(C)(C)C1CCCCC1. The van der Waals surface area contributed by atoms with Gasteiger partial charge in [-0.3, -0.25) is 0 Å². The summed E-state index contributed by atoms with van der Waals surface area (Å²) >= 11 is 0. The number of carbonyl (C=O) groups excluding carboxylic acids is 2. The van der Waals surface area contributed by atoms with Gasteiger partial charge in [0.05, 0.1) is 5.57 Å². The minimum absolute atomic E-state index is 0.197. The van der Waals surface area contributed by atoms with E-state index in [0.29, 0.717) is 23.3 Å². The second-order valence-electron chi connectivity index (χ2n) is 12.7. The van der Waals surface area contributed by atoms with Crippen LogP contribution in [0.25, 0.3) is 0 Å². The molecule has 34 heavy (non-hydrogen) atoms. The van der Waals surface area contributed by atoms with Gasteiger partial charge in [0.1, 0.15) is 5.60 Å². The molecule has 196 valence electrons. The van der Waals surface area contributed by atoms with Crippen LogP contribution < -0.4 is 0 Å². The van der Waals surface area contributed by atoms with Crippen molar-refractivity contribution >= 4 is 11.9 Å². The average molecular weight is 477 g/mol. The van der Waals surface area contributed by atoms with Crippen molar-refractivity contribution in [2.45, 2.75) is 120 Å². The number of allylic oxidation sites excluding steroid dienone is 2. The largest absolute Gasteiger partial charge is 0.457 e. The fourth-order valence-electron chi connectivity index (χ4n) is 5.18. The zero-order valence-corrected chi connectivity index (χ0v) is 23.8. The number of esters is 2. The Balaban J connectivity index is 2.73. The van der Waals surface area contributed by atoms with Crippen molar-refractivity contribution in [3.8, 4) is 0 Å². The summed E-state index contributed by atoms with van der Waals surface area (Å²) in [5.74, 6) is 0.190. The van der Waals surface area contributed by atoms with E-state index < -0.39 is 17.5 Å². The zero-order chi connectivity index (χ0) is 26.2. The third-order valence-corrected chi connectivity index (χ3v) is 7.79. The van der Waals surface area contributed by atoms with Crippen molar-refractivity contribution in [1.29, 1.82) is 0 Å². The summed E-state index contributed by atoms with van der Waals surface area (Å²) < 4.78 is 11.0. The molecule has 0 spiro atoms. The highest BCUT2D eigenvalue weighted by atomic mass is 16.6. The number of carbonyl (C=O) groups is 2. The van der Waals surface area contributed by atoms with Gasteiger partial charge in [0.2, 0.25) is 0 Å². The summed E-state index contributed by atoms with van der Waals surface area (Å²) in [7, 11) is 0. The maximum atomic E-state index is 12.7. The molecule has 1 aliphatic rings. The molecule has 1 aliphatic carbocycles. The van der Waals surface area contributed by atoms with Gasteiger partial charge in [0.25, 0.3) is 0 Å². The smallest absolute Gasteiger partial charge is 0.344 e. The van der Waals surface area contributed by atoms with E-state index in [1.807, 2.05) is 26.8 Å². The van der Waals surface area contributed by atoms with Gasteiger partial charge in [-0.25, -0.2) is 9.59 Å². The Morgan fingerprint density at radius 2 is 1.59 bits per heavy atom. The molecule has 0 heterocycles. The lowest BCUT2D eigenvalue weighted by Gasteiger charge is -2.40. The normalized spacial score (nSPS) is 18.6. The van der Waals surface area contributed by atoms with Crippen molar-refractivity contribution in [1.82, 2.24) is 0 Å². The van der Waals surface area contributed by atoms with E-state index >= 15 is 0 Å². The molecule has 0 bridgehead atoms. The van der Waals surface area contributed by atoms with Crippen LogP contribution in [0.15, 0.2) is 23.8 Å². The standard InChI is InChI=1S/C30H52O4/c1-11-23(19-18-22(3)25(20-28(4,5)6)29(7,8)12-2)27(32)33-21-26(31)34-30(9,10)24-16-14-13-15-17-24/h11,18-19,22,24-25H,12-17,20-21H2,1-10H3/b19-18-,23-11+. The maximum Gasteiger partial charge on any atom is 0.344 e. The van der Waals surface area contributed by atoms with Crippen LogP contribution >= 0.6 is 0 Å². The first kappa shape index (κ1) is 30.5. The molecule has 0 aromatic heterocycles. The molecule has 1 saturated carbocycles. The van der Waals surface area contributed by atoms with Crippen LogP contribution in [-0.2, 0) is 19.1 Å². The van der Waals surface area contributed by atoms with Gasteiger partial charge in [0.15, 0.2) is 6.61 Å². The van der Waals surface area contributed by atoms with Crippen molar-refractivity contribution in [3.05, 3.63) is 23.8 Å². The number of hydrogen-bond acceptors (Lipinski definition) is 4. The second-order valence-corrected chi connectivity index (χ2v) is 12.7. The minimum atomic E-state index is -0.531. The Morgan fingerprint density at radius 3 is 2.09 bits per heavy atom. The third-order valence-electron chi connectivity index (χ3n) is 7.79. The van der Waals surface area contributed by atoms with E-state index in [1.54, 1.807) is 6.08 Å². The highest BCUT2D eigenvalue weighted by Crippen LogP contribution is 2.43. The molecule has 4 heteroatoms. The van der Waals surface area contributed by atoms with Gasteiger partial charge in [-0.15, -0.1) is 0 Å². The zero-order valence-electron chi connectivity index (χ0n) is 23.8. The van der Waals surface area contributed by atoms with Crippen molar-refractivity contribution in [2.75, 3.05) is 6.61 Å². The van der Waals surface area contributed by atoms with Crippen molar-refractivity contribution in [3.63, 3.8) is 0 Å². The molecule has 0 amide bonds. The van der Waals surface area contributed by atoms with Gasteiger partial charge in [-0.05, 0) is 68.6 Å². The van der Waals surface area contributed by atoms with Crippen molar-refractivity contribution < 1.29 is 19.1 Å². The van der Waals surface area contributed by atoms with E-state index in [0.717, 1.165) is 25.7 Å². The molecule has 2 atom stereocenters. The number of ether oxygens (including phenoxy) is 2. The third kappa shape index (κ3) is 9.96. The quantitative estimate of drug-likeness (QED) is 0.172. The van der Waals surface area contributed by atoms with E-state index in [1.165, 1.54) is 19.3 Å². The fraction of sp³-hybridized carbons (Fsp3) is 0.800. The van der Waals surface area contributed by atoms with Gasteiger partial charge in [-0.1, -0.05) is 92.4 Å². The number of rotatable bonds is 11. The molecule has 4 nitrogen and oxygen atoms in total. The van der Waals surface area contributed by atoms with Gasteiger partial charge in [0, 0.05) is 0 Å². The molecular weight excluding hydrogens is 424 g/mol. The van der Waals surface area contributed by atoms with Crippen LogP contribution in [0, 0.1) is 28.6 Å². The monoisotopic (exact) mass is 476 g/mol. The topological polar surface area (TPSA) is 52.6 Å². The van der Waals surface area contributed by atoms with E-state index in [9.17, 15) is 9.59 Å². The summed E-state index contributed by atoms with van der Waals surface area (Å²) in [4.78, 5) is 25.1. The summed E-state index contributed by atoms with van der Waals surface area (Å²) in [6.07, 6.45) is 13.7. The Morgan fingerprint density at radius 1 is 1.00 bits per heavy atom. The predicted molar refractivity (Wildman–Crippen MR) is 141 cm³/mol. The van der Waals surface area contributed by atoms with Crippen LogP contribution in [0.4, 0.5) is 0 Å². The molecule has 0 saturated heterocycles. The Kier molecular flexibility index (Phi) is 11.6. The van der Waals surface area contributed by atoms with Crippen LogP contribution in [0.2, 0.25) is 0 Å². The molecule has 1 fully saturated rings. The number of hydrogen-bond donors (Lipinski definition) is 0. The maximum absolute atomic E-state index is 12.7. The minimum Gasteiger partial charge on any atom is -0.457 e. The lowest BCUT2D eigenvalue weighted by molar-refractivity contribution is -0.171. The molecule has 1 rings (SSSR count).